The average molecular weight is 261 g/mol. The van der Waals surface area contributed by atoms with Gasteiger partial charge in [-0.25, -0.2) is 19.8 Å². The van der Waals surface area contributed by atoms with Crippen LogP contribution >= 0.6 is 0 Å². The monoisotopic (exact) mass is 261 g/mol. The Bertz CT molecular complexity index is 567. The number of aliphatic carboxylic acids is 1. The van der Waals surface area contributed by atoms with Crippen LogP contribution in [0.3, 0.4) is 0 Å². The van der Waals surface area contributed by atoms with Crippen molar-refractivity contribution in [2.45, 2.75) is 19.9 Å². The van der Waals surface area contributed by atoms with Crippen molar-refractivity contribution < 1.29 is 9.90 Å². The summed E-state index contributed by atoms with van der Waals surface area (Å²) in [5.74, 6) is -0.223. The second-order valence-corrected chi connectivity index (χ2v) is 4.28. The summed E-state index contributed by atoms with van der Waals surface area (Å²) >= 11 is 0. The number of amidine groups is 1. The lowest BCUT2D eigenvalue weighted by atomic mass is 10.1. The fraction of sp³-hybridized carbons (Fsp3) is 0.333. The van der Waals surface area contributed by atoms with E-state index >= 15 is 0 Å². The molecule has 100 valence electrons. The van der Waals surface area contributed by atoms with Gasteiger partial charge >= 0.3 is 5.97 Å². The minimum atomic E-state index is -1.12. The Labute approximate surface area is 110 Å². The molecule has 7 heteroatoms. The first-order chi connectivity index (χ1) is 8.97. The lowest BCUT2D eigenvalue weighted by Gasteiger charge is -2.29. The molecule has 0 amide bonds. The number of aliphatic imine (C=N–C) groups is 1. The third kappa shape index (κ3) is 2.87. The Kier molecular flexibility index (Phi) is 3.46. The van der Waals surface area contributed by atoms with Crippen molar-refractivity contribution in [2.24, 2.45) is 4.99 Å². The molecule has 2 heterocycles. The second kappa shape index (κ2) is 5.05. The van der Waals surface area contributed by atoms with E-state index in [0.29, 0.717) is 18.9 Å². The van der Waals surface area contributed by atoms with Crippen molar-refractivity contribution in [1.29, 1.82) is 0 Å². The highest BCUT2D eigenvalue weighted by atomic mass is 16.4. The fourth-order valence-corrected chi connectivity index (χ4v) is 1.92. The molecule has 7 nitrogen and oxygen atoms in total. The van der Waals surface area contributed by atoms with Crippen molar-refractivity contribution in [3.63, 3.8) is 0 Å². The van der Waals surface area contributed by atoms with Gasteiger partial charge in [-0.1, -0.05) is 6.58 Å². The van der Waals surface area contributed by atoms with Crippen LogP contribution in [0.4, 0.5) is 5.95 Å². The lowest BCUT2D eigenvalue weighted by Crippen LogP contribution is -2.35. The highest BCUT2D eigenvalue weighted by molar-refractivity contribution is 5.91. The second-order valence-electron chi connectivity index (χ2n) is 4.28. The van der Waals surface area contributed by atoms with Gasteiger partial charge in [0, 0.05) is 31.3 Å². The van der Waals surface area contributed by atoms with Gasteiger partial charge in [-0.05, 0) is 6.92 Å². The van der Waals surface area contributed by atoms with E-state index < -0.39 is 5.97 Å². The zero-order chi connectivity index (χ0) is 14.0. The van der Waals surface area contributed by atoms with Gasteiger partial charge in [0.15, 0.2) is 0 Å². The van der Waals surface area contributed by atoms with Gasteiger partial charge in [0.05, 0.1) is 5.69 Å². The highest BCUT2D eigenvalue weighted by Gasteiger charge is 2.19. The Morgan fingerprint density at radius 3 is 3.05 bits per heavy atom. The quantitative estimate of drug-likeness (QED) is 0.454. The maximum absolute atomic E-state index is 10.7. The van der Waals surface area contributed by atoms with E-state index in [1.165, 1.54) is 0 Å². The molecular formula is C12H15N5O2. The van der Waals surface area contributed by atoms with Crippen molar-refractivity contribution in [3.05, 3.63) is 29.7 Å². The van der Waals surface area contributed by atoms with Crippen molar-refractivity contribution in [2.75, 3.05) is 12.3 Å². The molecular weight excluding hydrogens is 246 g/mol. The molecule has 0 bridgehead atoms. The van der Waals surface area contributed by atoms with Crippen LogP contribution in [0.1, 0.15) is 18.2 Å². The van der Waals surface area contributed by atoms with E-state index in [0.717, 1.165) is 17.7 Å². The predicted molar refractivity (Wildman–Crippen MR) is 70.4 cm³/mol. The van der Waals surface area contributed by atoms with Gasteiger partial charge in [0.2, 0.25) is 5.95 Å². The topological polar surface area (TPSA) is 105 Å². The fourth-order valence-electron chi connectivity index (χ4n) is 1.92. The summed E-state index contributed by atoms with van der Waals surface area (Å²) in [6.07, 6.45) is 2.43. The van der Waals surface area contributed by atoms with Crippen LogP contribution < -0.4 is 5.73 Å². The van der Waals surface area contributed by atoms with Crippen LogP contribution in [0.2, 0.25) is 0 Å². The number of carboxylic acid groups (broad SMARTS) is 1. The number of carboxylic acids is 1. The van der Waals surface area contributed by atoms with Gasteiger partial charge in [-0.2, -0.15) is 0 Å². The molecule has 1 aliphatic heterocycles. The predicted octanol–water partition coefficient (Wildman–Crippen LogP) is 0.434. The molecule has 0 aliphatic carbocycles. The first kappa shape index (κ1) is 13.0. The van der Waals surface area contributed by atoms with Crippen LogP contribution in [0.25, 0.3) is 0 Å². The van der Waals surface area contributed by atoms with E-state index in [1.54, 1.807) is 13.1 Å². The van der Waals surface area contributed by atoms with Gasteiger partial charge in [0.1, 0.15) is 11.5 Å². The third-order valence-corrected chi connectivity index (χ3v) is 2.95. The normalized spacial score (nSPS) is 15.0. The molecule has 1 aromatic rings. The minimum absolute atomic E-state index is 0.170. The SMILES string of the molecule is C=C(N=C(C)N1CCc2nc(N)ncc2C1)C(=O)O. The molecule has 0 atom stereocenters. The van der Waals surface area contributed by atoms with Crippen molar-refractivity contribution in [3.8, 4) is 0 Å². The smallest absolute Gasteiger partial charge is 0.353 e. The molecule has 2 rings (SSSR count). The number of rotatable bonds is 2. The zero-order valence-corrected chi connectivity index (χ0v) is 10.6. The maximum Gasteiger partial charge on any atom is 0.353 e. The van der Waals surface area contributed by atoms with Gasteiger partial charge in [0.25, 0.3) is 0 Å². The number of nitrogen functional groups attached to an aromatic ring is 1. The zero-order valence-electron chi connectivity index (χ0n) is 10.6. The standard InChI is InChI=1S/C12H15N5O2/c1-7(11(18)19)15-8(2)17-4-3-10-9(6-17)5-14-12(13)16-10/h5H,1,3-4,6H2,2H3,(H,18,19)(H2,13,14,16). The molecule has 0 spiro atoms. The van der Waals surface area contributed by atoms with E-state index in [1.807, 2.05) is 4.90 Å². The van der Waals surface area contributed by atoms with Crippen molar-refractivity contribution in [1.82, 2.24) is 14.9 Å². The largest absolute Gasteiger partial charge is 0.477 e. The average Bonchev–Trinajstić information content (AvgIpc) is 2.37. The van der Waals surface area contributed by atoms with Gasteiger partial charge in [-0.3, -0.25) is 0 Å². The van der Waals surface area contributed by atoms with E-state index in [4.69, 9.17) is 10.8 Å². The number of fused-ring (bicyclic) bond motifs is 1. The first-order valence-corrected chi connectivity index (χ1v) is 5.80. The minimum Gasteiger partial charge on any atom is -0.477 e. The summed E-state index contributed by atoms with van der Waals surface area (Å²) in [5, 5.41) is 8.76. The maximum atomic E-state index is 10.7. The summed E-state index contributed by atoms with van der Waals surface area (Å²) in [4.78, 5) is 24.8. The Morgan fingerprint density at radius 1 is 1.63 bits per heavy atom. The van der Waals surface area contributed by atoms with Gasteiger partial charge < -0.3 is 15.7 Å². The Balaban J connectivity index is 2.16. The van der Waals surface area contributed by atoms with E-state index in [-0.39, 0.29) is 11.6 Å². The summed E-state index contributed by atoms with van der Waals surface area (Å²) in [5.41, 5.74) is 7.29. The molecule has 1 aliphatic rings. The number of carbonyl (C=O) groups is 1. The number of nitrogens with two attached hydrogens (primary N) is 1. The van der Waals surface area contributed by atoms with Crippen LogP contribution in [0.15, 0.2) is 23.5 Å². The van der Waals surface area contributed by atoms with Gasteiger partial charge in [-0.15, -0.1) is 0 Å². The molecule has 1 aromatic heterocycles. The number of aromatic nitrogens is 2. The van der Waals surface area contributed by atoms with Crippen LogP contribution in [-0.4, -0.2) is 38.3 Å². The highest BCUT2D eigenvalue weighted by Crippen LogP contribution is 2.17. The lowest BCUT2D eigenvalue weighted by molar-refractivity contribution is -0.132. The number of nitrogens with zero attached hydrogens (tertiary/aromatic N) is 4. The summed E-state index contributed by atoms with van der Waals surface area (Å²) in [6, 6.07) is 0. The molecule has 0 fully saturated rings. The Hall–Kier alpha value is -2.44. The molecule has 0 unspecified atom stereocenters. The Morgan fingerprint density at radius 2 is 2.37 bits per heavy atom. The summed E-state index contributed by atoms with van der Waals surface area (Å²) in [7, 11) is 0. The number of hydrogen-bond donors (Lipinski definition) is 2. The van der Waals surface area contributed by atoms with E-state index in [2.05, 4.69) is 21.5 Å². The molecule has 19 heavy (non-hydrogen) atoms. The van der Waals surface area contributed by atoms with E-state index in [9.17, 15) is 4.79 Å². The third-order valence-electron chi connectivity index (χ3n) is 2.95. The molecule has 0 saturated heterocycles. The molecule has 0 radical (unpaired) electrons. The van der Waals surface area contributed by atoms with Crippen LogP contribution in [0, 0.1) is 0 Å². The van der Waals surface area contributed by atoms with Crippen LogP contribution in [0.5, 0.6) is 0 Å². The first-order valence-electron chi connectivity index (χ1n) is 5.80. The number of anilines is 1. The summed E-state index contributed by atoms with van der Waals surface area (Å²) < 4.78 is 0. The number of hydrogen-bond acceptors (Lipinski definition) is 5. The summed E-state index contributed by atoms with van der Waals surface area (Å²) in [6.45, 7) is 6.46. The van der Waals surface area contributed by atoms with Crippen LogP contribution in [-0.2, 0) is 17.8 Å². The molecule has 0 saturated carbocycles. The molecule has 3 N–H and O–H groups in total. The molecule has 0 aromatic carbocycles. The van der Waals surface area contributed by atoms with Crippen molar-refractivity contribution >= 4 is 17.8 Å².